The Hall–Kier alpha value is -2.67. The van der Waals surface area contributed by atoms with Gasteiger partial charge in [0.1, 0.15) is 0 Å². The lowest BCUT2D eigenvalue weighted by Gasteiger charge is -2.28. The van der Waals surface area contributed by atoms with Gasteiger partial charge in [0.2, 0.25) is 11.8 Å². The van der Waals surface area contributed by atoms with Gasteiger partial charge in [0.25, 0.3) is 5.89 Å². The third-order valence-corrected chi connectivity index (χ3v) is 5.11. The predicted octanol–water partition coefficient (Wildman–Crippen LogP) is 3.33. The van der Waals surface area contributed by atoms with Crippen molar-refractivity contribution in [2.45, 2.75) is 26.8 Å². The molecular formula is C19H20ClN5O2. The molecule has 0 radical (unpaired) electrons. The Labute approximate surface area is 161 Å². The van der Waals surface area contributed by atoms with Crippen molar-refractivity contribution in [1.82, 2.24) is 24.9 Å². The van der Waals surface area contributed by atoms with E-state index in [9.17, 15) is 4.79 Å². The van der Waals surface area contributed by atoms with Crippen molar-refractivity contribution in [3.8, 4) is 23.0 Å². The number of fused-ring (bicyclic) bond motifs is 1. The largest absolute Gasteiger partial charge is 0.414 e. The highest BCUT2D eigenvalue weighted by molar-refractivity contribution is 6.33. The van der Waals surface area contributed by atoms with E-state index in [0.717, 1.165) is 17.7 Å². The summed E-state index contributed by atoms with van der Waals surface area (Å²) < 4.78 is 7.71. The molecule has 0 spiro atoms. The average Bonchev–Trinajstić information content (AvgIpc) is 3.26. The molecule has 0 aliphatic carbocycles. The molecule has 0 N–H and O–H groups in total. The van der Waals surface area contributed by atoms with E-state index in [1.54, 1.807) is 6.07 Å². The molecule has 8 heteroatoms. The highest BCUT2D eigenvalue weighted by Gasteiger charge is 2.30. The van der Waals surface area contributed by atoms with E-state index in [1.165, 1.54) is 0 Å². The maximum absolute atomic E-state index is 12.4. The first-order valence-electron chi connectivity index (χ1n) is 8.88. The van der Waals surface area contributed by atoms with E-state index < -0.39 is 0 Å². The summed E-state index contributed by atoms with van der Waals surface area (Å²) in [4.78, 5) is 14.3. The summed E-state index contributed by atoms with van der Waals surface area (Å²) in [6, 6.07) is 7.32. The van der Waals surface area contributed by atoms with Gasteiger partial charge in [-0.25, -0.2) is 0 Å². The second kappa shape index (κ2) is 6.81. The van der Waals surface area contributed by atoms with Crippen LogP contribution >= 0.6 is 11.6 Å². The predicted molar refractivity (Wildman–Crippen MR) is 101 cm³/mol. The fourth-order valence-corrected chi connectivity index (χ4v) is 3.60. The van der Waals surface area contributed by atoms with E-state index in [-0.39, 0.29) is 11.8 Å². The van der Waals surface area contributed by atoms with Crippen molar-refractivity contribution in [3.05, 3.63) is 40.5 Å². The van der Waals surface area contributed by atoms with E-state index >= 15 is 0 Å². The highest BCUT2D eigenvalue weighted by atomic mass is 35.5. The van der Waals surface area contributed by atoms with Gasteiger partial charge in [0.15, 0.2) is 5.69 Å². The minimum Gasteiger partial charge on any atom is -0.414 e. The zero-order valence-electron chi connectivity index (χ0n) is 15.4. The summed E-state index contributed by atoms with van der Waals surface area (Å²) in [6.45, 7) is 5.02. The number of benzene rings is 1. The molecule has 2 aromatic heterocycles. The van der Waals surface area contributed by atoms with Crippen molar-refractivity contribution in [2.75, 3.05) is 6.54 Å². The average molecular weight is 386 g/mol. The number of hydrogen-bond donors (Lipinski definition) is 0. The Morgan fingerprint density at radius 3 is 2.70 bits per heavy atom. The first kappa shape index (κ1) is 17.7. The van der Waals surface area contributed by atoms with Crippen LogP contribution in [0.25, 0.3) is 23.0 Å². The molecule has 1 aliphatic rings. The summed E-state index contributed by atoms with van der Waals surface area (Å²) in [5, 5.41) is 13.4. The van der Waals surface area contributed by atoms with Gasteiger partial charge in [-0.3, -0.25) is 9.48 Å². The third kappa shape index (κ3) is 3.12. The number of hydrogen-bond acceptors (Lipinski definition) is 5. The molecule has 27 heavy (non-hydrogen) atoms. The van der Waals surface area contributed by atoms with Gasteiger partial charge >= 0.3 is 0 Å². The first-order chi connectivity index (χ1) is 13.0. The molecule has 0 unspecified atom stereocenters. The lowest BCUT2D eigenvalue weighted by molar-refractivity contribution is -0.135. The number of carbonyl (C=O) groups excluding carboxylic acids is 1. The standard InChI is InChI=1S/C19H20ClN5O2/c1-11(2)19(26)25-9-8-15-13(10-25)16(23-24(15)3)18-22-21-17(27-18)12-6-4-5-7-14(12)20/h4-7,11H,8-10H2,1-3H3. The molecule has 7 nitrogen and oxygen atoms in total. The van der Waals surface area contributed by atoms with Crippen molar-refractivity contribution < 1.29 is 9.21 Å². The zero-order valence-corrected chi connectivity index (χ0v) is 16.2. The Morgan fingerprint density at radius 1 is 1.22 bits per heavy atom. The number of halogens is 1. The van der Waals surface area contributed by atoms with Gasteiger partial charge in [-0.05, 0) is 12.1 Å². The fourth-order valence-electron chi connectivity index (χ4n) is 3.38. The molecule has 3 heterocycles. The molecule has 0 fully saturated rings. The van der Waals surface area contributed by atoms with Crippen LogP contribution in [-0.2, 0) is 24.8 Å². The van der Waals surface area contributed by atoms with Gasteiger partial charge < -0.3 is 9.32 Å². The second-order valence-electron chi connectivity index (χ2n) is 6.95. The number of aryl methyl sites for hydroxylation is 1. The smallest absolute Gasteiger partial charge is 0.268 e. The lowest BCUT2D eigenvalue weighted by Crippen LogP contribution is -2.38. The van der Waals surface area contributed by atoms with Crippen molar-refractivity contribution in [2.24, 2.45) is 13.0 Å². The normalized spacial score (nSPS) is 13.9. The minimum absolute atomic E-state index is 0.0399. The molecule has 4 rings (SSSR count). The van der Waals surface area contributed by atoms with Crippen molar-refractivity contribution >= 4 is 17.5 Å². The van der Waals surface area contributed by atoms with Gasteiger partial charge in [-0.15, -0.1) is 10.2 Å². The topological polar surface area (TPSA) is 77.1 Å². The quantitative estimate of drug-likeness (QED) is 0.691. The van der Waals surface area contributed by atoms with Crippen LogP contribution in [0.4, 0.5) is 0 Å². The van der Waals surface area contributed by atoms with E-state index in [4.69, 9.17) is 16.0 Å². The lowest BCUT2D eigenvalue weighted by atomic mass is 10.0. The molecule has 3 aromatic rings. The molecule has 0 saturated heterocycles. The maximum Gasteiger partial charge on any atom is 0.268 e. The van der Waals surface area contributed by atoms with Crippen LogP contribution in [-0.4, -0.2) is 37.3 Å². The molecule has 1 aromatic carbocycles. The van der Waals surface area contributed by atoms with Crippen LogP contribution in [0.5, 0.6) is 0 Å². The second-order valence-corrected chi connectivity index (χ2v) is 7.36. The number of amides is 1. The van der Waals surface area contributed by atoms with E-state index in [0.29, 0.717) is 41.2 Å². The van der Waals surface area contributed by atoms with Crippen LogP contribution in [0.3, 0.4) is 0 Å². The summed E-state index contributed by atoms with van der Waals surface area (Å²) >= 11 is 6.23. The molecule has 1 amide bonds. The summed E-state index contributed by atoms with van der Waals surface area (Å²) in [7, 11) is 1.90. The molecule has 0 bridgehead atoms. The summed E-state index contributed by atoms with van der Waals surface area (Å²) in [5.74, 6) is 0.779. The van der Waals surface area contributed by atoms with E-state index in [1.807, 2.05) is 48.7 Å². The Morgan fingerprint density at radius 2 is 1.96 bits per heavy atom. The Bertz CT molecular complexity index is 1010. The fraction of sp³-hybridized carbons (Fsp3) is 0.368. The van der Waals surface area contributed by atoms with Crippen molar-refractivity contribution in [3.63, 3.8) is 0 Å². The van der Waals surface area contributed by atoms with Crippen LogP contribution in [0.2, 0.25) is 5.02 Å². The van der Waals surface area contributed by atoms with Gasteiger partial charge in [-0.2, -0.15) is 5.10 Å². The third-order valence-electron chi connectivity index (χ3n) is 4.78. The Balaban J connectivity index is 1.71. The monoisotopic (exact) mass is 385 g/mol. The number of carbonyl (C=O) groups is 1. The first-order valence-corrected chi connectivity index (χ1v) is 9.25. The molecule has 1 aliphatic heterocycles. The van der Waals surface area contributed by atoms with Crippen LogP contribution in [0, 0.1) is 5.92 Å². The van der Waals surface area contributed by atoms with E-state index in [2.05, 4.69) is 15.3 Å². The van der Waals surface area contributed by atoms with Gasteiger partial charge in [0, 0.05) is 43.7 Å². The highest BCUT2D eigenvalue weighted by Crippen LogP contribution is 2.32. The van der Waals surface area contributed by atoms with Crippen LogP contribution in [0.1, 0.15) is 25.1 Å². The van der Waals surface area contributed by atoms with Gasteiger partial charge in [-0.1, -0.05) is 37.6 Å². The maximum atomic E-state index is 12.4. The molecule has 0 atom stereocenters. The zero-order chi connectivity index (χ0) is 19.1. The van der Waals surface area contributed by atoms with Crippen LogP contribution in [0.15, 0.2) is 28.7 Å². The number of rotatable bonds is 3. The Kier molecular flexibility index (Phi) is 4.47. The molecular weight excluding hydrogens is 366 g/mol. The van der Waals surface area contributed by atoms with Gasteiger partial charge in [0.05, 0.1) is 10.6 Å². The minimum atomic E-state index is -0.0399. The molecule has 140 valence electrons. The number of nitrogens with zero attached hydrogens (tertiary/aromatic N) is 5. The summed E-state index contributed by atoms with van der Waals surface area (Å²) in [5.41, 5.74) is 3.36. The SMILES string of the molecule is CC(C)C(=O)N1CCc2c(c(-c3nnc(-c4ccccc4Cl)o3)nn2C)C1. The van der Waals surface area contributed by atoms with Crippen LogP contribution < -0.4 is 0 Å². The number of aromatic nitrogens is 4. The van der Waals surface area contributed by atoms with Crippen molar-refractivity contribution in [1.29, 1.82) is 0 Å². The summed E-state index contributed by atoms with van der Waals surface area (Å²) in [6.07, 6.45) is 0.753. The molecule has 0 saturated carbocycles.